The topological polar surface area (TPSA) is 0 Å². The summed E-state index contributed by atoms with van der Waals surface area (Å²) in [4.78, 5) is 0. The molecule has 126 valence electrons. The van der Waals surface area contributed by atoms with Gasteiger partial charge in [0.25, 0.3) is 0 Å². The van der Waals surface area contributed by atoms with E-state index in [1.54, 1.807) is 0 Å². The molecule has 1 heteroatoms. The van der Waals surface area contributed by atoms with Crippen LogP contribution in [-0.2, 0) is 19.3 Å². The first kappa shape index (κ1) is 17.5. The van der Waals surface area contributed by atoms with E-state index in [-0.39, 0.29) is 0 Å². The summed E-state index contributed by atoms with van der Waals surface area (Å²) in [6.45, 7) is 7.08. The molecule has 25 heavy (non-hydrogen) atoms. The van der Waals surface area contributed by atoms with E-state index in [1.165, 1.54) is 33.1 Å². The van der Waals surface area contributed by atoms with Gasteiger partial charge in [-0.3, -0.25) is 0 Å². The normalized spacial score (nSPS) is 10.7. The van der Waals surface area contributed by atoms with Crippen LogP contribution in [0.2, 0.25) is 0 Å². The first-order valence-electron chi connectivity index (χ1n) is 9.53. The second kappa shape index (κ2) is 8.20. The van der Waals surface area contributed by atoms with Crippen molar-refractivity contribution in [3.63, 3.8) is 0 Å². The predicted molar refractivity (Wildman–Crippen MR) is 112 cm³/mol. The van der Waals surface area contributed by atoms with Crippen LogP contribution in [0.1, 0.15) is 37.5 Å². The van der Waals surface area contributed by atoms with Gasteiger partial charge in [0, 0.05) is 0 Å². The molecule has 0 spiro atoms. The summed E-state index contributed by atoms with van der Waals surface area (Å²) in [7, 11) is 0. The number of benzene rings is 3. The minimum atomic E-state index is 0.309. The fraction of sp³-hybridized carbons (Fsp3) is 0.250. The highest BCUT2D eigenvalue weighted by Gasteiger charge is 2.26. The van der Waals surface area contributed by atoms with Crippen LogP contribution in [0.3, 0.4) is 0 Å². The molecule has 0 radical (unpaired) electrons. The van der Waals surface area contributed by atoms with Gasteiger partial charge in [-0.25, -0.2) is 0 Å². The van der Waals surface area contributed by atoms with E-state index in [0.717, 1.165) is 19.3 Å². The maximum atomic E-state index is 2.32. The quantitative estimate of drug-likeness (QED) is 0.603. The fourth-order valence-corrected chi connectivity index (χ4v) is 3.92. The Morgan fingerprint density at radius 3 is 1.04 bits per heavy atom. The number of aryl methyl sites for hydroxylation is 3. The van der Waals surface area contributed by atoms with Crippen molar-refractivity contribution in [2.75, 3.05) is 0 Å². The van der Waals surface area contributed by atoms with Crippen molar-refractivity contribution < 1.29 is 0 Å². The maximum Gasteiger partial charge on any atom is 0.242 e. The minimum absolute atomic E-state index is 0.309. The van der Waals surface area contributed by atoms with Gasteiger partial charge in [-0.05, 0) is 19.3 Å². The van der Waals surface area contributed by atoms with Crippen molar-refractivity contribution in [3.8, 4) is 0 Å². The lowest BCUT2D eigenvalue weighted by Crippen LogP contribution is -2.55. The van der Waals surface area contributed by atoms with Gasteiger partial charge in [0.2, 0.25) is 6.71 Å². The van der Waals surface area contributed by atoms with Gasteiger partial charge in [-0.15, -0.1) is 0 Å². The Bertz CT molecular complexity index is 722. The highest BCUT2D eigenvalue weighted by atomic mass is 14.1. The monoisotopic (exact) mass is 326 g/mol. The second-order valence-corrected chi connectivity index (χ2v) is 6.59. The molecule has 0 N–H and O–H groups in total. The van der Waals surface area contributed by atoms with Gasteiger partial charge in [0.1, 0.15) is 0 Å². The molecular formula is C24H27B. The van der Waals surface area contributed by atoms with Crippen LogP contribution in [0.25, 0.3) is 0 Å². The summed E-state index contributed by atoms with van der Waals surface area (Å²) in [5, 5.41) is 0. The molecule has 3 rings (SSSR count). The molecule has 0 saturated heterocycles. The zero-order chi connectivity index (χ0) is 17.6. The minimum Gasteiger partial charge on any atom is -0.0667 e. The second-order valence-electron chi connectivity index (χ2n) is 6.59. The third kappa shape index (κ3) is 3.56. The molecule has 0 aromatic heterocycles. The van der Waals surface area contributed by atoms with Crippen LogP contribution in [0.4, 0.5) is 0 Å². The van der Waals surface area contributed by atoms with E-state index in [0.29, 0.717) is 6.71 Å². The Kier molecular flexibility index (Phi) is 5.76. The summed E-state index contributed by atoms with van der Waals surface area (Å²) in [6.07, 6.45) is 3.19. The molecule has 0 aliphatic heterocycles. The molecule has 3 aromatic rings. The Morgan fingerprint density at radius 1 is 0.480 bits per heavy atom. The molecular weight excluding hydrogens is 299 g/mol. The van der Waals surface area contributed by atoms with Crippen LogP contribution >= 0.6 is 0 Å². The Balaban J connectivity index is 2.29. The van der Waals surface area contributed by atoms with Gasteiger partial charge >= 0.3 is 0 Å². The number of hydrogen-bond donors (Lipinski definition) is 0. The Morgan fingerprint density at radius 2 is 0.760 bits per heavy atom. The zero-order valence-electron chi connectivity index (χ0n) is 15.6. The van der Waals surface area contributed by atoms with Crippen LogP contribution in [0.5, 0.6) is 0 Å². The number of rotatable bonds is 6. The fourth-order valence-electron chi connectivity index (χ4n) is 3.92. The van der Waals surface area contributed by atoms with Gasteiger partial charge in [-0.1, -0.05) is 127 Å². The predicted octanol–water partition coefficient (Wildman–Crippen LogP) is 3.89. The maximum absolute atomic E-state index is 2.32. The van der Waals surface area contributed by atoms with E-state index in [4.69, 9.17) is 0 Å². The summed E-state index contributed by atoms with van der Waals surface area (Å²) < 4.78 is 0. The summed E-state index contributed by atoms with van der Waals surface area (Å²) in [5.41, 5.74) is 8.70. The SMILES string of the molecule is CCc1ccccc1B(c1ccccc1CC)c1ccccc1CC. The smallest absolute Gasteiger partial charge is 0.0667 e. The van der Waals surface area contributed by atoms with Gasteiger partial charge in [-0.2, -0.15) is 0 Å². The first-order chi connectivity index (χ1) is 12.3. The van der Waals surface area contributed by atoms with Crippen molar-refractivity contribution in [1.29, 1.82) is 0 Å². The average molecular weight is 326 g/mol. The standard InChI is InChI=1S/C24H27B/c1-4-19-13-7-10-16-22(19)25(23-17-11-8-14-20(23)5-2)24-18-12-9-15-21(24)6-3/h7-18H,4-6H2,1-3H3. The zero-order valence-corrected chi connectivity index (χ0v) is 15.6. The van der Waals surface area contributed by atoms with Crippen molar-refractivity contribution in [2.24, 2.45) is 0 Å². The molecule has 0 nitrogen and oxygen atoms in total. The molecule has 3 aromatic carbocycles. The van der Waals surface area contributed by atoms with Crippen LogP contribution in [0.15, 0.2) is 72.8 Å². The molecule has 0 saturated carbocycles. The molecule has 0 bridgehead atoms. The van der Waals surface area contributed by atoms with Gasteiger partial charge in [0.15, 0.2) is 0 Å². The Hall–Kier alpha value is -2.28. The first-order valence-corrected chi connectivity index (χ1v) is 9.53. The molecule has 0 atom stereocenters. The summed E-state index contributed by atoms with van der Waals surface area (Å²) >= 11 is 0. The molecule has 0 heterocycles. The molecule has 0 aliphatic carbocycles. The van der Waals surface area contributed by atoms with E-state index < -0.39 is 0 Å². The van der Waals surface area contributed by atoms with Crippen molar-refractivity contribution >= 4 is 23.1 Å². The van der Waals surface area contributed by atoms with Crippen LogP contribution in [-0.4, -0.2) is 6.71 Å². The molecule has 0 unspecified atom stereocenters. The lowest BCUT2D eigenvalue weighted by atomic mass is 9.34. The largest absolute Gasteiger partial charge is 0.242 e. The van der Waals surface area contributed by atoms with E-state index in [9.17, 15) is 0 Å². The highest BCUT2D eigenvalue weighted by molar-refractivity contribution is 6.96. The summed E-state index contributed by atoms with van der Waals surface area (Å²) in [5.74, 6) is 0. The molecule has 0 amide bonds. The average Bonchev–Trinajstić information content (AvgIpc) is 2.69. The van der Waals surface area contributed by atoms with Crippen molar-refractivity contribution in [2.45, 2.75) is 40.0 Å². The van der Waals surface area contributed by atoms with E-state index in [2.05, 4.69) is 93.6 Å². The molecule has 0 aliphatic rings. The molecule has 0 fully saturated rings. The summed E-state index contributed by atoms with van der Waals surface area (Å²) in [6, 6.07) is 26.9. The number of hydrogen-bond acceptors (Lipinski definition) is 0. The lowest BCUT2D eigenvalue weighted by molar-refractivity contribution is 1.14. The van der Waals surface area contributed by atoms with Crippen LogP contribution in [0, 0.1) is 0 Å². The third-order valence-corrected chi connectivity index (χ3v) is 5.24. The van der Waals surface area contributed by atoms with Gasteiger partial charge in [0.05, 0.1) is 0 Å². The van der Waals surface area contributed by atoms with Gasteiger partial charge < -0.3 is 0 Å². The highest BCUT2D eigenvalue weighted by Crippen LogP contribution is 2.08. The lowest BCUT2D eigenvalue weighted by Gasteiger charge is -2.23. The third-order valence-electron chi connectivity index (χ3n) is 5.24. The Labute approximate surface area is 153 Å². The van der Waals surface area contributed by atoms with Crippen molar-refractivity contribution in [1.82, 2.24) is 0 Å². The van der Waals surface area contributed by atoms with Crippen molar-refractivity contribution in [3.05, 3.63) is 89.5 Å². The van der Waals surface area contributed by atoms with E-state index >= 15 is 0 Å². The van der Waals surface area contributed by atoms with Crippen LogP contribution < -0.4 is 16.4 Å². The van der Waals surface area contributed by atoms with E-state index in [1.807, 2.05) is 0 Å².